The van der Waals surface area contributed by atoms with Crippen molar-refractivity contribution >= 4 is 38.5 Å². The molecule has 6 nitrogen and oxygen atoms in total. The molecule has 1 aromatic carbocycles. The van der Waals surface area contributed by atoms with Crippen molar-refractivity contribution in [2.24, 2.45) is 5.92 Å². The minimum Gasteiger partial charge on any atom is -0.381 e. The number of ether oxygens (including phenoxy) is 1. The van der Waals surface area contributed by atoms with E-state index in [0.717, 1.165) is 23.1 Å². The lowest BCUT2D eigenvalue weighted by molar-refractivity contribution is -0.131. The van der Waals surface area contributed by atoms with Gasteiger partial charge in [-0.1, -0.05) is 17.4 Å². The first kappa shape index (κ1) is 16.5. The molecule has 2 amide bonds. The second kappa shape index (κ2) is 6.72. The Kier molecular flexibility index (Phi) is 4.43. The molecule has 25 heavy (non-hydrogen) atoms. The van der Waals surface area contributed by atoms with Crippen LogP contribution in [0.1, 0.15) is 24.8 Å². The second-order valence-electron chi connectivity index (χ2n) is 6.77. The number of hydrogen-bond donors (Lipinski definition) is 1. The van der Waals surface area contributed by atoms with Crippen LogP contribution in [0, 0.1) is 12.8 Å². The van der Waals surface area contributed by atoms with Gasteiger partial charge in [-0.3, -0.25) is 9.59 Å². The molecule has 2 aliphatic heterocycles. The summed E-state index contributed by atoms with van der Waals surface area (Å²) in [7, 11) is 0. The number of likely N-dealkylation sites (tertiary alicyclic amines) is 1. The van der Waals surface area contributed by atoms with Crippen molar-refractivity contribution in [3.05, 3.63) is 23.8 Å². The van der Waals surface area contributed by atoms with Crippen LogP contribution in [0.5, 0.6) is 0 Å². The lowest BCUT2D eigenvalue weighted by Crippen LogP contribution is -2.40. The number of hydrogen-bond acceptors (Lipinski definition) is 5. The van der Waals surface area contributed by atoms with E-state index in [1.807, 2.05) is 24.0 Å². The van der Waals surface area contributed by atoms with Crippen LogP contribution in [0.2, 0.25) is 0 Å². The third-order valence-electron chi connectivity index (χ3n) is 4.93. The summed E-state index contributed by atoms with van der Waals surface area (Å²) in [6.45, 7) is 3.92. The molecule has 132 valence electrons. The first-order valence-corrected chi connectivity index (χ1v) is 9.47. The van der Waals surface area contributed by atoms with Crippen LogP contribution in [0.4, 0.5) is 5.13 Å². The Morgan fingerprint density at radius 3 is 2.96 bits per heavy atom. The zero-order chi connectivity index (χ0) is 17.4. The number of rotatable bonds is 3. The summed E-state index contributed by atoms with van der Waals surface area (Å²) in [5, 5.41) is 3.50. The Bertz CT molecular complexity index is 813. The molecule has 1 atom stereocenters. The number of nitrogens with one attached hydrogen (secondary N) is 1. The van der Waals surface area contributed by atoms with Crippen LogP contribution in [-0.4, -0.2) is 47.5 Å². The standard InChI is InChI=1S/C18H21N3O3S/c1-11-2-3-14-15(8-11)25-18(19-14)20-17(23)12-9-16(22)21(10-12)13-4-6-24-7-5-13/h2-3,8,12-13H,4-7,9-10H2,1H3,(H,19,20,23). The molecule has 1 N–H and O–H groups in total. The van der Waals surface area contributed by atoms with E-state index >= 15 is 0 Å². The van der Waals surface area contributed by atoms with E-state index in [0.29, 0.717) is 24.9 Å². The summed E-state index contributed by atoms with van der Waals surface area (Å²) in [6.07, 6.45) is 2.00. The molecule has 2 aliphatic rings. The monoisotopic (exact) mass is 359 g/mol. The van der Waals surface area contributed by atoms with E-state index in [2.05, 4.69) is 16.4 Å². The van der Waals surface area contributed by atoms with Crippen molar-refractivity contribution in [3.8, 4) is 0 Å². The Labute approximate surface area is 150 Å². The Balaban J connectivity index is 1.43. The minimum absolute atomic E-state index is 0.0759. The quantitative estimate of drug-likeness (QED) is 0.914. The van der Waals surface area contributed by atoms with Crippen molar-refractivity contribution in [3.63, 3.8) is 0 Å². The molecule has 7 heteroatoms. The molecule has 0 radical (unpaired) electrons. The van der Waals surface area contributed by atoms with Crippen molar-refractivity contribution in [1.82, 2.24) is 9.88 Å². The number of aromatic nitrogens is 1. The molecule has 0 saturated carbocycles. The van der Waals surface area contributed by atoms with Gasteiger partial charge in [0.05, 0.1) is 16.1 Å². The second-order valence-corrected chi connectivity index (χ2v) is 7.80. The van der Waals surface area contributed by atoms with Crippen LogP contribution in [0.15, 0.2) is 18.2 Å². The van der Waals surface area contributed by atoms with E-state index in [1.54, 1.807) is 0 Å². The molecule has 4 rings (SSSR count). The number of nitrogens with zero attached hydrogens (tertiary/aromatic N) is 2. The molecule has 2 saturated heterocycles. The average molecular weight is 359 g/mol. The highest BCUT2D eigenvalue weighted by molar-refractivity contribution is 7.22. The number of aryl methyl sites for hydroxylation is 1. The molecular weight excluding hydrogens is 338 g/mol. The third-order valence-corrected chi connectivity index (χ3v) is 5.87. The Morgan fingerprint density at radius 1 is 1.36 bits per heavy atom. The number of thiazole rings is 1. The molecule has 2 fully saturated rings. The normalized spacial score (nSPS) is 21.9. The summed E-state index contributed by atoms with van der Waals surface area (Å²) >= 11 is 1.47. The zero-order valence-corrected chi connectivity index (χ0v) is 15.0. The third kappa shape index (κ3) is 3.39. The van der Waals surface area contributed by atoms with Gasteiger partial charge in [-0.05, 0) is 37.5 Å². The van der Waals surface area contributed by atoms with Crippen molar-refractivity contribution in [2.45, 2.75) is 32.2 Å². The SMILES string of the molecule is Cc1ccc2nc(NC(=O)C3CC(=O)N(C4CCOCC4)C3)sc2c1. The van der Waals surface area contributed by atoms with Crippen molar-refractivity contribution in [1.29, 1.82) is 0 Å². The van der Waals surface area contributed by atoms with E-state index < -0.39 is 0 Å². The van der Waals surface area contributed by atoms with Gasteiger partial charge < -0.3 is 15.0 Å². The fraction of sp³-hybridized carbons (Fsp3) is 0.500. The summed E-state index contributed by atoms with van der Waals surface area (Å²) < 4.78 is 6.42. The van der Waals surface area contributed by atoms with Gasteiger partial charge >= 0.3 is 0 Å². The van der Waals surface area contributed by atoms with Gasteiger partial charge in [0.15, 0.2) is 5.13 Å². The predicted molar refractivity (Wildman–Crippen MR) is 96.6 cm³/mol. The fourth-order valence-electron chi connectivity index (χ4n) is 3.55. The molecular formula is C18H21N3O3S. The highest BCUT2D eigenvalue weighted by Crippen LogP contribution is 2.29. The van der Waals surface area contributed by atoms with Crippen LogP contribution in [0.25, 0.3) is 10.2 Å². The smallest absolute Gasteiger partial charge is 0.231 e. The number of fused-ring (bicyclic) bond motifs is 1. The number of anilines is 1. The van der Waals surface area contributed by atoms with E-state index in [1.165, 1.54) is 16.9 Å². The van der Waals surface area contributed by atoms with E-state index in [9.17, 15) is 9.59 Å². The van der Waals surface area contributed by atoms with Crippen LogP contribution < -0.4 is 5.32 Å². The largest absolute Gasteiger partial charge is 0.381 e. The highest BCUT2D eigenvalue weighted by Gasteiger charge is 2.38. The predicted octanol–water partition coefficient (Wildman–Crippen LogP) is 2.57. The van der Waals surface area contributed by atoms with Gasteiger partial charge in [-0.15, -0.1) is 0 Å². The Hall–Kier alpha value is -1.99. The molecule has 0 aliphatic carbocycles. The van der Waals surface area contributed by atoms with Gasteiger partial charge in [0.25, 0.3) is 0 Å². The fourth-order valence-corrected chi connectivity index (χ4v) is 4.52. The number of carbonyl (C=O) groups is 2. The van der Waals surface area contributed by atoms with Crippen LogP contribution in [0.3, 0.4) is 0 Å². The maximum absolute atomic E-state index is 12.6. The maximum Gasteiger partial charge on any atom is 0.231 e. The summed E-state index contributed by atoms with van der Waals surface area (Å²) in [6, 6.07) is 6.25. The van der Waals surface area contributed by atoms with Gasteiger partial charge in [-0.2, -0.15) is 0 Å². The number of benzene rings is 1. The van der Waals surface area contributed by atoms with Crippen LogP contribution >= 0.6 is 11.3 Å². The molecule has 1 unspecified atom stereocenters. The van der Waals surface area contributed by atoms with E-state index in [4.69, 9.17) is 4.74 Å². The summed E-state index contributed by atoms with van der Waals surface area (Å²) in [5.41, 5.74) is 2.06. The topological polar surface area (TPSA) is 71.5 Å². The first-order chi connectivity index (χ1) is 12.1. The molecule has 0 bridgehead atoms. The Morgan fingerprint density at radius 2 is 2.16 bits per heavy atom. The summed E-state index contributed by atoms with van der Waals surface area (Å²) in [4.78, 5) is 31.2. The van der Waals surface area contributed by atoms with Gasteiger partial charge in [0, 0.05) is 32.2 Å². The first-order valence-electron chi connectivity index (χ1n) is 8.65. The number of amides is 2. The highest BCUT2D eigenvalue weighted by atomic mass is 32.1. The molecule has 1 aromatic heterocycles. The number of carbonyl (C=O) groups excluding carboxylic acids is 2. The lowest BCUT2D eigenvalue weighted by atomic mass is 10.1. The van der Waals surface area contributed by atoms with Crippen LogP contribution in [-0.2, 0) is 14.3 Å². The van der Waals surface area contributed by atoms with Gasteiger partial charge in [0.1, 0.15) is 0 Å². The van der Waals surface area contributed by atoms with E-state index in [-0.39, 0.29) is 30.2 Å². The average Bonchev–Trinajstić information content (AvgIpc) is 3.18. The summed E-state index contributed by atoms with van der Waals surface area (Å²) in [5.74, 6) is -0.338. The maximum atomic E-state index is 12.6. The molecule has 3 heterocycles. The van der Waals surface area contributed by atoms with Gasteiger partial charge in [0.2, 0.25) is 11.8 Å². The molecule has 0 spiro atoms. The van der Waals surface area contributed by atoms with Gasteiger partial charge in [-0.25, -0.2) is 4.98 Å². The minimum atomic E-state index is -0.302. The zero-order valence-electron chi connectivity index (χ0n) is 14.2. The lowest BCUT2D eigenvalue weighted by Gasteiger charge is -2.31. The van der Waals surface area contributed by atoms with Crippen molar-refractivity contribution < 1.29 is 14.3 Å². The van der Waals surface area contributed by atoms with Crippen molar-refractivity contribution in [2.75, 3.05) is 25.1 Å². The molecule has 2 aromatic rings.